The van der Waals surface area contributed by atoms with Crippen molar-refractivity contribution >= 4 is 11.8 Å². The van der Waals surface area contributed by atoms with Crippen molar-refractivity contribution in [2.24, 2.45) is 11.7 Å². The molecule has 0 saturated carbocycles. The van der Waals surface area contributed by atoms with Crippen LogP contribution in [0.4, 0.5) is 0 Å². The van der Waals surface area contributed by atoms with E-state index < -0.39 is 5.91 Å². The molecule has 6 heteroatoms. The molecule has 6 nitrogen and oxygen atoms in total. The van der Waals surface area contributed by atoms with Gasteiger partial charge in [0.25, 0.3) is 11.8 Å². The summed E-state index contributed by atoms with van der Waals surface area (Å²) in [4.78, 5) is 22.6. The van der Waals surface area contributed by atoms with E-state index in [0.717, 1.165) is 19.5 Å². The predicted molar refractivity (Wildman–Crippen MR) is 83.7 cm³/mol. The third kappa shape index (κ3) is 5.37. The van der Waals surface area contributed by atoms with E-state index in [1.54, 1.807) is 24.3 Å². The standard InChI is InChI=1S/C16H23N3O3/c17-15(20)11-22-14-5-3-13(4-6-14)16(21)19-9-7-12-2-1-8-18-10-12/h3-6,12,18H,1-2,7-11H2,(H2,17,20)(H,19,21). The number of carbonyl (C=O) groups excluding carboxylic acids is 2. The maximum Gasteiger partial charge on any atom is 0.255 e. The van der Waals surface area contributed by atoms with Gasteiger partial charge in [0.05, 0.1) is 0 Å². The zero-order valence-electron chi connectivity index (χ0n) is 12.6. The number of ether oxygens (including phenoxy) is 1. The molecular formula is C16H23N3O3. The van der Waals surface area contributed by atoms with Crippen LogP contribution in [0.15, 0.2) is 24.3 Å². The average Bonchev–Trinajstić information content (AvgIpc) is 2.54. The van der Waals surface area contributed by atoms with Crippen LogP contribution in [0.5, 0.6) is 5.75 Å². The summed E-state index contributed by atoms with van der Waals surface area (Å²) in [6, 6.07) is 6.66. The Kier molecular flexibility index (Phi) is 6.21. The molecular weight excluding hydrogens is 282 g/mol. The number of carbonyl (C=O) groups is 2. The van der Waals surface area contributed by atoms with E-state index in [1.807, 2.05) is 0 Å². The highest BCUT2D eigenvalue weighted by Crippen LogP contribution is 2.14. The molecule has 1 atom stereocenters. The van der Waals surface area contributed by atoms with Gasteiger partial charge in [-0.05, 0) is 62.5 Å². The van der Waals surface area contributed by atoms with Crippen LogP contribution in [-0.2, 0) is 4.79 Å². The Morgan fingerprint density at radius 2 is 2.09 bits per heavy atom. The van der Waals surface area contributed by atoms with Gasteiger partial charge in [0.1, 0.15) is 5.75 Å². The molecule has 1 aromatic carbocycles. The number of amides is 2. The van der Waals surface area contributed by atoms with Crippen LogP contribution in [0.1, 0.15) is 29.6 Å². The normalized spacial score (nSPS) is 17.7. The van der Waals surface area contributed by atoms with Crippen LogP contribution >= 0.6 is 0 Å². The number of primary amides is 1. The third-order valence-electron chi connectivity index (χ3n) is 3.73. The SMILES string of the molecule is NC(=O)COc1ccc(C(=O)NCCC2CCCNC2)cc1. The fourth-order valence-electron chi connectivity index (χ4n) is 2.52. The molecule has 1 fully saturated rings. The van der Waals surface area contributed by atoms with Gasteiger partial charge in [0, 0.05) is 12.1 Å². The molecule has 2 rings (SSSR count). The Morgan fingerprint density at radius 3 is 2.73 bits per heavy atom. The number of hydrogen-bond donors (Lipinski definition) is 3. The van der Waals surface area contributed by atoms with E-state index in [1.165, 1.54) is 12.8 Å². The Hall–Kier alpha value is -2.08. The monoisotopic (exact) mass is 305 g/mol. The zero-order valence-corrected chi connectivity index (χ0v) is 12.6. The molecule has 1 unspecified atom stereocenters. The quantitative estimate of drug-likeness (QED) is 0.690. The van der Waals surface area contributed by atoms with Gasteiger partial charge < -0.3 is 21.1 Å². The second-order valence-corrected chi connectivity index (χ2v) is 5.54. The predicted octanol–water partition coefficient (Wildman–Crippen LogP) is 0.670. The summed E-state index contributed by atoms with van der Waals surface area (Å²) in [5, 5.41) is 6.31. The number of piperidine rings is 1. The van der Waals surface area contributed by atoms with Gasteiger partial charge in [-0.2, -0.15) is 0 Å². The van der Waals surface area contributed by atoms with E-state index in [2.05, 4.69) is 10.6 Å². The second-order valence-electron chi connectivity index (χ2n) is 5.54. The lowest BCUT2D eigenvalue weighted by atomic mass is 9.96. The first-order chi connectivity index (χ1) is 10.6. The van der Waals surface area contributed by atoms with Crippen molar-refractivity contribution in [2.45, 2.75) is 19.3 Å². The Morgan fingerprint density at radius 1 is 1.32 bits per heavy atom. The first-order valence-electron chi connectivity index (χ1n) is 7.65. The van der Waals surface area contributed by atoms with Crippen molar-refractivity contribution in [2.75, 3.05) is 26.2 Å². The molecule has 1 saturated heterocycles. The van der Waals surface area contributed by atoms with E-state index in [-0.39, 0.29) is 12.5 Å². The van der Waals surface area contributed by atoms with Crippen molar-refractivity contribution in [1.29, 1.82) is 0 Å². The lowest BCUT2D eigenvalue weighted by Gasteiger charge is -2.22. The molecule has 2 amide bonds. The van der Waals surface area contributed by atoms with E-state index >= 15 is 0 Å². The molecule has 1 heterocycles. The fraction of sp³-hybridized carbons (Fsp3) is 0.500. The molecule has 0 aromatic heterocycles. The van der Waals surface area contributed by atoms with Gasteiger partial charge in [-0.25, -0.2) is 0 Å². The molecule has 0 radical (unpaired) electrons. The van der Waals surface area contributed by atoms with E-state index in [4.69, 9.17) is 10.5 Å². The van der Waals surface area contributed by atoms with Crippen molar-refractivity contribution in [1.82, 2.24) is 10.6 Å². The number of rotatable bonds is 7. The van der Waals surface area contributed by atoms with Gasteiger partial charge in [0.2, 0.25) is 0 Å². The van der Waals surface area contributed by atoms with Crippen molar-refractivity contribution in [3.8, 4) is 5.75 Å². The highest BCUT2D eigenvalue weighted by atomic mass is 16.5. The number of nitrogens with one attached hydrogen (secondary N) is 2. The van der Waals surface area contributed by atoms with Crippen LogP contribution in [0.2, 0.25) is 0 Å². The Balaban J connectivity index is 1.73. The van der Waals surface area contributed by atoms with E-state index in [9.17, 15) is 9.59 Å². The van der Waals surface area contributed by atoms with Crippen LogP contribution in [0.3, 0.4) is 0 Å². The second kappa shape index (κ2) is 8.38. The highest BCUT2D eigenvalue weighted by Gasteiger charge is 2.13. The lowest BCUT2D eigenvalue weighted by molar-refractivity contribution is -0.119. The van der Waals surface area contributed by atoms with Crippen molar-refractivity contribution < 1.29 is 14.3 Å². The first-order valence-corrected chi connectivity index (χ1v) is 7.65. The van der Waals surface area contributed by atoms with Gasteiger partial charge in [-0.15, -0.1) is 0 Å². The van der Waals surface area contributed by atoms with Gasteiger partial charge in [-0.3, -0.25) is 9.59 Å². The maximum atomic E-state index is 12.0. The van der Waals surface area contributed by atoms with Gasteiger partial charge >= 0.3 is 0 Å². The third-order valence-corrected chi connectivity index (χ3v) is 3.73. The van der Waals surface area contributed by atoms with Crippen LogP contribution in [0.25, 0.3) is 0 Å². The molecule has 0 spiro atoms. The molecule has 120 valence electrons. The van der Waals surface area contributed by atoms with E-state index in [0.29, 0.717) is 23.8 Å². The molecule has 0 aliphatic carbocycles. The van der Waals surface area contributed by atoms with Crippen LogP contribution in [-0.4, -0.2) is 38.1 Å². The number of benzene rings is 1. The topological polar surface area (TPSA) is 93.5 Å². The molecule has 1 aliphatic rings. The summed E-state index contributed by atoms with van der Waals surface area (Å²) in [5.41, 5.74) is 5.58. The van der Waals surface area contributed by atoms with Crippen LogP contribution in [0, 0.1) is 5.92 Å². The number of hydrogen-bond acceptors (Lipinski definition) is 4. The maximum absolute atomic E-state index is 12.0. The largest absolute Gasteiger partial charge is 0.484 e. The molecule has 22 heavy (non-hydrogen) atoms. The first kappa shape index (κ1) is 16.3. The fourth-order valence-corrected chi connectivity index (χ4v) is 2.52. The Bertz CT molecular complexity index is 496. The zero-order chi connectivity index (χ0) is 15.8. The minimum atomic E-state index is -0.529. The molecule has 1 aromatic rings. The summed E-state index contributed by atoms with van der Waals surface area (Å²) in [6.07, 6.45) is 3.44. The van der Waals surface area contributed by atoms with Gasteiger partial charge in [0.15, 0.2) is 6.61 Å². The minimum absolute atomic E-state index is 0.0924. The smallest absolute Gasteiger partial charge is 0.255 e. The summed E-state index contributed by atoms with van der Waals surface area (Å²) >= 11 is 0. The Labute approximate surface area is 130 Å². The summed E-state index contributed by atoms with van der Waals surface area (Å²) in [6.45, 7) is 2.67. The lowest BCUT2D eigenvalue weighted by Crippen LogP contribution is -2.33. The highest BCUT2D eigenvalue weighted by molar-refractivity contribution is 5.94. The average molecular weight is 305 g/mol. The molecule has 4 N–H and O–H groups in total. The summed E-state index contributed by atoms with van der Waals surface area (Å²) < 4.78 is 5.15. The summed E-state index contributed by atoms with van der Waals surface area (Å²) in [5.74, 6) is 0.548. The summed E-state index contributed by atoms with van der Waals surface area (Å²) in [7, 11) is 0. The van der Waals surface area contributed by atoms with Crippen LogP contribution < -0.4 is 21.1 Å². The molecule has 1 aliphatic heterocycles. The van der Waals surface area contributed by atoms with Gasteiger partial charge in [-0.1, -0.05) is 0 Å². The molecule has 0 bridgehead atoms. The number of nitrogens with two attached hydrogens (primary N) is 1. The van der Waals surface area contributed by atoms with Crippen molar-refractivity contribution in [3.63, 3.8) is 0 Å². The van der Waals surface area contributed by atoms with Crippen molar-refractivity contribution in [3.05, 3.63) is 29.8 Å². The minimum Gasteiger partial charge on any atom is -0.484 e.